The first-order valence-corrected chi connectivity index (χ1v) is 10.9. The molecule has 2 aromatic carbocycles. The minimum atomic E-state index is -0.626. The Morgan fingerprint density at radius 2 is 1.94 bits per heavy atom. The number of aromatic nitrogens is 1. The summed E-state index contributed by atoms with van der Waals surface area (Å²) in [5.74, 6) is -0.0705. The van der Waals surface area contributed by atoms with E-state index in [1.807, 2.05) is 0 Å². The summed E-state index contributed by atoms with van der Waals surface area (Å²) < 4.78 is 10.4. The van der Waals surface area contributed by atoms with Crippen LogP contribution in [0.4, 0.5) is 10.8 Å². The highest BCUT2D eigenvalue weighted by Crippen LogP contribution is 2.31. The van der Waals surface area contributed by atoms with E-state index in [0.717, 1.165) is 0 Å². The molecule has 32 heavy (non-hydrogen) atoms. The van der Waals surface area contributed by atoms with Gasteiger partial charge in [0.2, 0.25) is 11.8 Å². The van der Waals surface area contributed by atoms with Crippen LogP contribution in [0.15, 0.2) is 58.5 Å². The van der Waals surface area contributed by atoms with Gasteiger partial charge in [-0.05, 0) is 48.5 Å². The zero-order valence-electron chi connectivity index (χ0n) is 16.8. The number of halogens is 2. The van der Waals surface area contributed by atoms with E-state index in [-0.39, 0.29) is 17.5 Å². The fraction of sp³-hybridized carbons (Fsp3) is 0.0909. The van der Waals surface area contributed by atoms with Crippen molar-refractivity contribution in [1.29, 1.82) is 0 Å². The van der Waals surface area contributed by atoms with Crippen molar-refractivity contribution >= 4 is 69.2 Å². The van der Waals surface area contributed by atoms with Gasteiger partial charge >= 0.3 is 5.97 Å². The summed E-state index contributed by atoms with van der Waals surface area (Å²) in [6, 6.07) is 11.8. The third-order valence-electron chi connectivity index (χ3n) is 4.41. The Labute approximate surface area is 197 Å². The van der Waals surface area contributed by atoms with Crippen molar-refractivity contribution in [3.05, 3.63) is 74.8 Å². The summed E-state index contributed by atoms with van der Waals surface area (Å²) in [6.45, 7) is 1.45. The third-order valence-corrected chi connectivity index (χ3v) is 5.81. The normalized spacial score (nSPS) is 14.3. The minimum Gasteiger partial charge on any atom is -0.497 e. The number of aliphatic imine (C=N–C) groups is 1. The molecule has 0 saturated heterocycles. The van der Waals surface area contributed by atoms with E-state index in [1.165, 1.54) is 29.2 Å². The van der Waals surface area contributed by atoms with Gasteiger partial charge in [0.1, 0.15) is 5.75 Å². The quantitative estimate of drug-likeness (QED) is 0.351. The Morgan fingerprint density at radius 3 is 2.59 bits per heavy atom. The predicted octanol–water partition coefficient (Wildman–Crippen LogP) is 5.49. The van der Waals surface area contributed by atoms with Crippen LogP contribution in [0.2, 0.25) is 10.0 Å². The molecule has 1 aliphatic heterocycles. The van der Waals surface area contributed by atoms with Gasteiger partial charge in [0.25, 0.3) is 0 Å². The number of nitrogens with zero attached hydrogens (tertiary/aromatic N) is 3. The number of hydrogen-bond donors (Lipinski definition) is 0. The molecule has 162 valence electrons. The summed E-state index contributed by atoms with van der Waals surface area (Å²) in [7, 11) is 1.57. The van der Waals surface area contributed by atoms with Crippen LogP contribution >= 0.6 is 34.5 Å². The molecule has 7 nitrogen and oxygen atoms in total. The molecule has 1 aliphatic rings. The zero-order valence-corrected chi connectivity index (χ0v) is 19.2. The van der Waals surface area contributed by atoms with Crippen LogP contribution in [-0.2, 0) is 14.3 Å². The predicted molar refractivity (Wildman–Crippen MR) is 125 cm³/mol. The number of anilines is 2. The van der Waals surface area contributed by atoms with Crippen LogP contribution in [0.1, 0.15) is 18.2 Å². The van der Waals surface area contributed by atoms with Gasteiger partial charge in [0.15, 0.2) is 10.8 Å². The molecule has 1 aromatic heterocycles. The largest absolute Gasteiger partial charge is 0.497 e. The first-order chi connectivity index (χ1) is 15.4. The molecule has 2 heterocycles. The summed E-state index contributed by atoms with van der Waals surface area (Å²) >= 11 is 13.3. The van der Waals surface area contributed by atoms with Crippen molar-refractivity contribution in [3.8, 4) is 5.75 Å². The average Bonchev–Trinajstić information content (AvgIpc) is 3.35. The van der Waals surface area contributed by atoms with E-state index in [2.05, 4.69) is 9.98 Å². The second-order valence-electron chi connectivity index (χ2n) is 6.57. The van der Waals surface area contributed by atoms with Gasteiger partial charge in [-0.1, -0.05) is 23.2 Å². The molecule has 3 aromatic rings. The van der Waals surface area contributed by atoms with Gasteiger partial charge in [0, 0.05) is 17.3 Å². The second-order valence-corrected chi connectivity index (χ2v) is 8.25. The highest BCUT2D eigenvalue weighted by atomic mass is 35.5. The lowest BCUT2D eigenvalue weighted by atomic mass is 10.2. The second kappa shape index (κ2) is 9.12. The number of rotatable bonds is 5. The molecule has 0 bridgehead atoms. The molecule has 0 radical (unpaired) electrons. The maximum atomic E-state index is 12.3. The summed E-state index contributed by atoms with van der Waals surface area (Å²) in [6.07, 6.45) is 1.49. The maximum Gasteiger partial charge on any atom is 0.363 e. The van der Waals surface area contributed by atoms with E-state index in [4.69, 9.17) is 32.7 Å². The Bertz CT molecular complexity index is 1270. The lowest BCUT2D eigenvalue weighted by Crippen LogP contribution is -2.22. The Balaban J connectivity index is 1.62. The molecule has 0 unspecified atom stereocenters. The third kappa shape index (κ3) is 4.52. The number of benzene rings is 2. The van der Waals surface area contributed by atoms with E-state index in [0.29, 0.717) is 37.9 Å². The molecule has 4 rings (SSSR count). The number of amides is 1. The first kappa shape index (κ1) is 22.0. The first-order valence-electron chi connectivity index (χ1n) is 9.24. The topological polar surface area (TPSA) is 81.1 Å². The van der Waals surface area contributed by atoms with Gasteiger partial charge in [-0.2, -0.15) is 0 Å². The van der Waals surface area contributed by atoms with Crippen molar-refractivity contribution in [1.82, 2.24) is 4.98 Å². The SMILES string of the molecule is COc1ccc(N(C(C)=O)c2nc(C=C3N=C(c4ccc(Cl)cc4Cl)OC3=O)cs2)cc1. The number of ether oxygens (including phenoxy) is 2. The van der Waals surface area contributed by atoms with Crippen molar-refractivity contribution in [2.24, 2.45) is 4.99 Å². The molecular formula is C22H15Cl2N3O4S. The summed E-state index contributed by atoms with van der Waals surface area (Å²) in [5, 5.41) is 2.95. The molecule has 10 heteroatoms. The van der Waals surface area contributed by atoms with Gasteiger partial charge in [-0.3, -0.25) is 9.69 Å². The maximum absolute atomic E-state index is 12.3. The van der Waals surface area contributed by atoms with E-state index < -0.39 is 5.97 Å². The Hall–Kier alpha value is -3.20. The van der Waals surface area contributed by atoms with Crippen LogP contribution in [-0.4, -0.2) is 29.9 Å². The van der Waals surface area contributed by atoms with Gasteiger partial charge < -0.3 is 9.47 Å². The van der Waals surface area contributed by atoms with E-state index in [1.54, 1.807) is 55.0 Å². The van der Waals surface area contributed by atoms with Crippen LogP contribution in [0.25, 0.3) is 6.08 Å². The highest BCUT2D eigenvalue weighted by molar-refractivity contribution is 7.14. The molecule has 0 aliphatic carbocycles. The van der Waals surface area contributed by atoms with Crippen molar-refractivity contribution in [2.45, 2.75) is 6.92 Å². The highest BCUT2D eigenvalue weighted by Gasteiger charge is 2.26. The molecule has 0 fully saturated rings. The fourth-order valence-electron chi connectivity index (χ4n) is 2.93. The van der Waals surface area contributed by atoms with Crippen molar-refractivity contribution in [2.75, 3.05) is 12.0 Å². The number of carbonyl (C=O) groups excluding carboxylic acids is 2. The number of cyclic esters (lactones) is 1. The van der Waals surface area contributed by atoms with Gasteiger partial charge in [0.05, 0.1) is 29.1 Å². The number of carbonyl (C=O) groups is 2. The molecular weight excluding hydrogens is 473 g/mol. The Kier molecular flexibility index (Phi) is 6.27. The van der Waals surface area contributed by atoms with E-state index in [9.17, 15) is 9.59 Å². The number of methoxy groups -OCH3 is 1. The number of esters is 1. The van der Waals surface area contributed by atoms with Crippen molar-refractivity contribution in [3.63, 3.8) is 0 Å². The van der Waals surface area contributed by atoms with Gasteiger partial charge in [-0.25, -0.2) is 14.8 Å². The molecule has 0 N–H and O–H groups in total. The smallest absolute Gasteiger partial charge is 0.363 e. The van der Waals surface area contributed by atoms with E-state index >= 15 is 0 Å². The minimum absolute atomic E-state index is 0.0710. The lowest BCUT2D eigenvalue weighted by Gasteiger charge is -2.18. The lowest BCUT2D eigenvalue weighted by molar-refractivity contribution is -0.130. The Morgan fingerprint density at radius 1 is 1.19 bits per heavy atom. The molecule has 0 spiro atoms. The number of thiazole rings is 1. The summed E-state index contributed by atoms with van der Waals surface area (Å²) in [4.78, 5) is 34.8. The summed E-state index contributed by atoms with van der Waals surface area (Å²) in [5.41, 5.74) is 1.63. The molecule has 1 amide bonds. The number of hydrogen-bond acceptors (Lipinski definition) is 7. The zero-order chi connectivity index (χ0) is 22.8. The van der Waals surface area contributed by atoms with Gasteiger partial charge in [-0.15, -0.1) is 11.3 Å². The van der Waals surface area contributed by atoms with Crippen LogP contribution in [0.3, 0.4) is 0 Å². The molecule has 0 saturated carbocycles. The monoisotopic (exact) mass is 487 g/mol. The van der Waals surface area contributed by atoms with Crippen LogP contribution in [0.5, 0.6) is 5.75 Å². The standard InChI is InChI=1S/C22H15Cl2N3O4S/c1-12(28)27(15-4-6-16(30-2)7-5-15)22-25-14(11-32-22)10-19-21(29)31-20(26-19)17-8-3-13(23)9-18(17)24/h3-11H,1-2H3. The van der Waals surface area contributed by atoms with Crippen LogP contribution in [0, 0.1) is 0 Å². The molecule has 0 atom stereocenters. The average molecular weight is 488 g/mol. The fourth-order valence-corrected chi connectivity index (χ4v) is 4.26. The van der Waals surface area contributed by atoms with Crippen molar-refractivity contribution < 1.29 is 19.1 Å². The van der Waals surface area contributed by atoms with Crippen LogP contribution < -0.4 is 9.64 Å².